The molecule has 4 aromatic rings. The first-order valence-electron chi connectivity index (χ1n) is 6.14. The van der Waals surface area contributed by atoms with Crippen molar-refractivity contribution in [1.82, 2.24) is 51.2 Å². The number of rotatable bonds is 2. The molecular formula is C12H14FeN10O2+2. The van der Waals surface area contributed by atoms with Crippen molar-refractivity contribution in [3.05, 3.63) is 48.8 Å². The number of aromatic nitrogens is 10. The van der Waals surface area contributed by atoms with Crippen LogP contribution in [0.5, 0.6) is 0 Å². The van der Waals surface area contributed by atoms with Crippen LogP contribution >= 0.6 is 0 Å². The Bertz CT molecular complexity index is 714. The van der Waals surface area contributed by atoms with Crippen molar-refractivity contribution >= 4 is 0 Å². The van der Waals surface area contributed by atoms with Gasteiger partial charge in [-0.25, -0.2) is 10.2 Å². The molecule has 6 N–H and O–H groups in total. The van der Waals surface area contributed by atoms with Crippen LogP contribution in [0.2, 0.25) is 0 Å². The molecule has 0 saturated carbocycles. The van der Waals surface area contributed by atoms with Gasteiger partial charge in [0.15, 0.2) is 0 Å². The average molecular weight is 386 g/mol. The van der Waals surface area contributed by atoms with E-state index in [0.717, 1.165) is 0 Å². The van der Waals surface area contributed by atoms with E-state index >= 15 is 0 Å². The van der Waals surface area contributed by atoms with E-state index in [9.17, 15) is 0 Å². The minimum Gasteiger partial charge on any atom is -0.457 e. The summed E-state index contributed by atoms with van der Waals surface area (Å²) in [5, 5.41) is 28.0. The summed E-state index contributed by atoms with van der Waals surface area (Å²) in [7, 11) is 0. The number of hydrogen-bond donors (Lipinski definition) is 0. The Balaban J connectivity index is 0.000000411. The number of hydrogen-bond acceptors (Lipinski definition) is 8. The summed E-state index contributed by atoms with van der Waals surface area (Å²) in [5.41, 5.74) is 1.38. The molecule has 13 heteroatoms. The van der Waals surface area contributed by atoms with E-state index in [1.54, 1.807) is 24.5 Å². The average Bonchev–Trinajstić information content (AvgIpc) is 3.31. The topological polar surface area (TPSA) is 197 Å². The van der Waals surface area contributed by atoms with Crippen LogP contribution in [0.15, 0.2) is 48.8 Å². The van der Waals surface area contributed by atoms with Crippen LogP contribution in [-0.2, 0) is 28.0 Å². The van der Waals surface area contributed by atoms with E-state index < -0.39 is 0 Å². The van der Waals surface area contributed by atoms with Gasteiger partial charge in [0.2, 0.25) is 0 Å². The Labute approximate surface area is 151 Å². The van der Waals surface area contributed by atoms with Crippen LogP contribution in [0.1, 0.15) is 0 Å². The van der Waals surface area contributed by atoms with Gasteiger partial charge < -0.3 is 21.1 Å². The molecule has 4 aromatic heterocycles. The first-order chi connectivity index (χ1) is 10.9. The maximum absolute atomic E-state index is 4.02. The van der Waals surface area contributed by atoms with Gasteiger partial charge in [-0.15, -0.1) is 0 Å². The first kappa shape index (κ1) is 21.9. The second-order valence-electron chi connectivity index (χ2n) is 3.83. The number of pyridine rings is 2. The zero-order chi connectivity index (χ0) is 15.0. The van der Waals surface area contributed by atoms with Crippen molar-refractivity contribution in [2.24, 2.45) is 0 Å². The molecule has 0 amide bonds. The Kier molecular flexibility index (Phi) is 10.00. The SMILES string of the molecule is [Fe+2].[OH3+].[OH3+].c1ccc(-c2nn[n-]n2)nc1.c1ccc(-c2nn[n-]n2)nc1. The molecule has 0 spiro atoms. The zero-order valence-corrected chi connectivity index (χ0v) is 13.7. The molecule has 0 unspecified atom stereocenters. The predicted molar refractivity (Wildman–Crippen MR) is 82.5 cm³/mol. The fourth-order valence-electron chi connectivity index (χ4n) is 1.48. The van der Waals surface area contributed by atoms with Crippen LogP contribution < -0.4 is 10.4 Å². The van der Waals surface area contributed by atoms with Gasteiger partial charge in [0.05, 0.1) is 23.0 Å². The molecule has 0 aromatic carbocycles. The van der Waals surface area contributed by atoms with E-state index in [0.29, 0.717) is 23.0 Å². The molecule has 0 aliphatic carbocycles. The third-order valence-electron chi connectivity index (χ3n) is 2.43. The summed E-state index contributed by atoms with van der Waals surface area (Å²) in [6.45, 7) is 0. The Morgan fingerprint density at radius 3 is 1.36 bits per heavy atom. The number of tetrazole rings is 2. The molecule has 0 saturated heterocycles. The van der Waals surface area contributed by atoms with Gasteiger partial charge in [0.1, 0.15) is 0 Å². The molecule has 130 valence electrons. The standard InChI is InChI=1S/2C6H4N5.Fe.2H2O/c2*1-2-4-7-5(3-1)6-8-10-11-9-6;;;/h2*1-4H;;2*1H2/q2*-1;+2;;/p+2. The summed E-state index contributed by atoms with van der Waals surface area (Å²) in [4.78, 5) is 8.03. The second-order valence-corrected chi connectivity index (χ2v) is 3.83. The van der Waals surface area contributed by atoms with E-state index in [4.69, 9.17) is 0 Å². The Hall–Kier alpha value is -3.12. The van der Waals surface area contributed by atoms with E-state index in [-0.39, 0.29) is 28.0 Å². The largest absolute Gasteiger partial charge is 2.00 e. The monoisotopic (exact) mass is 386 g/mol. The maximum Gasteiger partial charge on any atom is 2.00 e. The minimum atomic E-state index is 0. The molecule has 4 rings (SSSR count). The van der Waals surface area contributed by atoms with E-state index in [1.165, 1.54) is 0 Å². The summed E-state index contributed by atoms with van der Waals surface area (Å²) < 4.78 is 0. The van der Waals surface area contributed by atoms with Gasteiger partial charge in [-0.05, 0) is 24.3 Å². The predicted octanol–water partition coefficient (Wildman–Crippen LogP) is -2.06. The van der Waals surface area contributed by atoms with E-state index in [1.807, 2.05) is 24.3 Å². The Morgan fingerprint density at radius 1 is 0.640 bits per heavy atom. The fourth-order valence-corrected chi connectivity index (χ4v) is 1.48. The minimum absolute atomic E-state index is 0. The smallest absolute Gasteiger partial charge is 0.457 e. The third kappa shape index (κ3) is 6.12. The molecule has 0 atom stereocenters. The van der Waals surface area contributed by atoms with Crippen LogP contribution in [0, 0.1) is 0 Å². The molecule has 0 radical (unpaired) electrons. The molecular weight excluding hydrogens is 372 g/mol. The molecule has 12 nitrogen and oxygen atoms in total. The van der Waals surface area contributed by atoms with Crippen LogP contribution in [0.25, 0.3) is 23.0 Å². The summed E-state index contributed by atoms with van der Waals surface area (Å²) in [6, 6.07) is 11.0. The van der Waals surface area contributed by atoms with Crippen molar-refractivity contribution in [2.75, 3.05) is 0 Å². The third-order valence-corrected chi connectivity index (χ3v) is 2.43. The van der Waals surface area contributed by atoms with Crippen molar-refractivity contribution in [3.8, 4) is 23.0 Å². The molecule has 0 fully saturated rings. The van der Waals surface area contributed by atoms with Gasteiger partial charge in [-0.1, -0.05) is 12.1 Å². The van der Waals surface area contributed by atoms with Crippen molar-refractivity contribution < 1.29 is 28.0 Å². The molecule has 25 heavy (non-hydrogen) atoms. The van der Waals surface area contributed by atoms with Crippen LogP contribution in [0.4, 0.5) is 0 Å². The maximum atomic E-state index is 4.02. The summed E-state index contributed by atoms with van der Waals surface area (Å²) >= 11 is 0. The summed E-state index contributed by atoms with van der Waals surface area (Å²) in [6.07, 6.45) is 3.34. The van der Waals surface area contributed by atoms with Gasteiger partial charge in [0, 0.05) is 12.4 Å². The second kappa shape index (κ2) is 11.4. The van der Waals surface area contributed by atoms with Gasteiger partial charge >= 0.3 is 17.1 Å². The van der Waals surface area contributed by atoms with Crippen LogP contribution in [0.3, 0.4) is 0 Å². The van der Waals surface area contributed by atoms with Crippen molar-refractivity contribution in [1.29, 1.82) is 0 Å². The quantitative estimate of drug-likeness (QED) is 0.272. The van der Waals surface area contributed by atoms with Crippen LogP contribution in [-0.4, -0.2) is 40.8 Å². The fraction of sp³-hybridized carbons (Fsp3) is 0. The normalized spacial score (nSPS) is 8.64. The molecule has 4 heterocycles. The number of nitrogens with zero attached hydrogens (tertiary/aromatic N) is 10. The summed E-state index contributed by atoms with van der Waals surface area (Å²) in [5.74, 6) is 0.927. The van der Waals surface area contributed by atoms with Crippen molar-refractivity contribution in [2.45, 2.75) is 0 Å². The van der Waals surface area contributed by atoms with Crippen molar-refractivity contribution in [3.63, 3.8) is 0 Å². The van der Waals surface area contributed by atoms with Gasteiger partial charge in [-0.2, -0.15) is 0 Å². The first-order valence-corrected chi connectivity index (χ1v) is 6.14. The molecule has 0 aliphatic rings. The van der Waals surface area contributed by atoms with E-state index in [2.05, 4.69) is 51.2 Å². The zero-order valence-electron chi connectivity index (χ0n) is 12.6. The Morgan fingerprint density at radius 2 is 1.08 bits per heavy atom. The van der Waals surface area contributed by atoms with Gasteiger partial charge in [0.25, 0.3) is 0 Å². The molecule has 0 bridgehead atoms. The molecule has 0 aliphatic heterocycles. The van der Waals surface area contributed by atoms with Gasteiger partial charge in [-0.3, -0.25) is 30.8 Å².